The number of esters is 1. The molecular formula is C25H25NO4. The minimum absolute atomic E-state index is 0.0223. The van der Waals surface area contributed by atoms with Gasteiger partial charge in [-0.05, 0) is 41.5 Å². The molecule has 0 unspecified atom stereocenters. The molecule has 0 fully saturated rings. The standard InChI is InChI=1S/C25H25NO4/c1-29-24(27)23(15-17-9-3-2-4-10-17)26-25(28)30-16-22-20-13-7-5-11-18(20)19-12-6-8-14-21(19)22/h2-3,5-8,10-14,22-23H,4,9,15-16H2,1H3,(H,26,28)/t23-/m0/s1. The Morgan fingerprint density at radius 1 is 1.03 bits per heavy atom. The average Bonchev–Trinajstić information content (AvgIpc) is 3.11. The van der Waals surface area contributed by atoms with Gasteiger partial charge in [-0.25, -0.2) is 9.59 Å². The summed E-state index contributed by atoms with van der Waals surface area (Å²) in [5.41, 5.74) is 5.75. The van der Waals surface area contributed by atoms with Gasteiger partial charge >= 0.3 is 12.1 Å². The van der Waals surface area contributed by atoms with Gasteiger partial charge in [-0.15, -0.1) is 0 Å². The maximum atomic E-state index is 12.5. The molecule has 0 aliphatic heterocycles. The van der Waals surface area contributed by atoms with Crippen LogP contribution in [0.2, 0.25) is 0 Å². The predicted molar refractivity (Wildman–Crippen MR) is 115 cm³/mol. The van der Waals surface area contributed by atoms with E-state index in [2.05, 4.69) is 47.8 Å². The third-order valence-electron chi connectivity index (χ3n) is 5.68. The molecule has 0 radical (unpaired) electrons. The zero-order chi connectivity index (χ0) is 20.9. The van der Waals surface area contributed by atoms with E-state index in [1.54, 1.807) is 0 Å². The summed E-state index contributed by atoms with van der Waals surface area (Å²) in [5.74, 6) is -0.495. The van der Waals surface area contributed by atoms with Gasteiger partial charge in [0.2, 0.25) is 0 Å². The van der Waals surface area contributed by atoms with Crippen molar-refractivity contribution in [1.29, 1.82) is 0 Å². The minimum Gasteiger partial charge on any atom is -0.467 e. The highest BCUT2D eigenvalue weighted by Gasteiger charge is 2.30. The van der Waals surface area contributed by atoms with E-state index >= 15 is 0 Å². The molecular weight excluding hydrogens is 378 g/mol. The van der Waals surface area contributed by atoms with Crippen LogP contribution in [0.25, 0.3) is 11.1 Å². The van der Waals surface area contributed by atoms with Gasteiger partial charge in [-0.2, -0.15) is 0 Å². The lowest BCUT2D eigenvalue weighted by atomic mass is 9.98. The van der Waals surface area contributed by atoms with Crippen molar-refractivity contribution in [1.82, 2.24) is 5.32 Å². The summed E-state index contributed by atoms with van der Waals surface area (Å²) >= 11 is 0. The number of hydrogen-bond donors (Lipinski definition) is 1. The molecule has 0 heterocycles. The van der Waals surface area contributed by atoms with Gasteiger partial charge in [0.1, 0.15) is 12.6 Å². The van der Waals surface area contributed by atoms with E-state index in [-0.39, 0.29) is 12.5 Å². The Balaban J connectivity index is 1.42. The number of carbonyl (C=O) groups excluding carboxylic acids is 2. The number of benzene rings is 2. The van der Waals surface area contributed by atoms with Gasteiger partial charge in [0.25, 0.3) is 0 Å². The average molecular weight is 403 g/mol. The summed E-state index contributed by atoms with van der Waals surface area (Å²) in [5, 5.41) is 2.69. The van der Waals surface area contributed by atoms with E-state index in [0.717, 1.165) is 29.5 Å². The summed E-state index contributed by atoms with van der Waals surface area (Å²) < 4.78 is 10.4. The number of rotatable bonds is 6. The lowest BCUT2D eigenvalue weighted by Gasteiger charge is -2.20. The maximum absolute atomic E-state index is 12.5. The molecule has 5 nitrogen and oxygen atoms in total. The van der Waals surface area contributed by atoms with Crippen LogP contribution in [0, 0.1) is 0 Å². The minimum atomic E-state index is -0.761. The van der Waals surface area contributed by atoms with Gasteiger partial charge in [-0.1, -0.05) is 72.3 Å². The number of amides is 1. The van der Waals surface area contributed by atoms with Crippen LogP contribution in [0.3, 0.4) is 0 Å². The molecule has 1 N–H and O–H groups in total. The van der Waals surface area contributed by atoms with Crippen LogP contribution in [-0.2, 0) is 14.3 Å². The Morgan fingerprint density at radius 2 is 1.70 bits per heavy atom. The van der Waals surface area contributed by atoms with E-state index in [0.29, 0.717) is 6.42 Å². The quantitative estimate of drug-likeness (QED) is 0.559. The molecule has 30 heavy (non-hydrogen) atoms. The number of ether oxygens (including phenoxy) is 2. The lowest BCUT2D eigenvalue weighted by Crippen LogP contribution is -2.42. The molecule has 0 saturated carbocycles. The number of allylic oxidation sites excluding steroid dienone is 3. The Kier molecular flexibility index (Phi) is 5.98. The third kappa shape index (κ3) is 4.15. The highest BCUT2D eigenvalue weighted by molar-refractivity contribution is 5.82. The van der Waals surface area contributed by atoms with Crippen LogP contribution in [-0.4, -0.2) is 31.8 Å². The Labute approximate surface area is 176 Å². The zero-order valence-electron chi connectivity index (χ0n) is 17.0. The molecule has 2 aliphatic rings. The molecule has 0 bridgehead atoms. The first kappa shape index (κ1) is 20.0. The van der Waals surface area contributed by atoms with E-state index in [1.165, 1.54) is 18.2 Å². The molecule has 2 aromatic rings. The van der Waals surface area contributed by atoms with Crippen molar-refractivity contribution in [3.8, 4) is 11.1 Å². The van der Waals surface area contributed by atoms with Crippen LogP contribution in [0.4, 0.5) is 4.79 Å². The summed E-state index contributed by atoms with van der Waals surface area (Å²) in [6.07, 6.45) is 7.65. The fourth-order valence-electron chi connectivity index (χ4n) is 4.20. The molecule has 1 amide bonds. The van der Waals surface area contributed by atoms with Crippen molar-refractivity contribution in [2.45, 2.75) is 31.2 Å². The maximum Gasteiger partial charge on any atom is 0.407 e. The van der Waals surface area contributed by atoms with Crippen LogP contribution >= 0.6 is 0 Å². The molecule has 1 atom stereocenters. The van der Waals surface area contributed by atoms with Gasteiger partial charge in [0, 0.05) is 5.92 Å². The smallest absolute Gasteiger partial charge is 0.407 e. The second-order valence-corrected chi connectivity index (χ2v) is 7.52. The predicted octanol–water partition coefficient (Wildman–Crippen LogP) is 4.73. The van der Waals surface area contributed by atoms with E-state index < -0.39 is 18.1 Å². The Bertz CT molecular complexity index is 962. The SMILES string of the molecule is COC(=O)[C@H](CC1=CCC=CC1)NC(=O)OCC1c2ccccc2-c2ccccc21. The van der Waals surface area contributed by atoms with Crippen LogP contribution in [0.1, 0.15) is 36.3 Å². The molecule has 0 saturated heterocycles. The zero-order valence-corrected chi connectivity index (χ0v) is 17.0. The summed E-state index contributed by atoms with van der Waals surface area (Å²) in [6, 6.07) is 15.6. The topological polar surface area (TPSA) is 64.6 Å². The molecule has 2 aromatic carbocycles. The number of alkyl carbamates (subject to hydrolysis) is 1. The van der Waals surface area contributed by atoms with Crippen molar-refractivity contribution in [3.63, 3.8) is 0 Å². The van der Waals surface area contributed by atoms with Crippen LogP contribution < -0.4 is 5.32 Å². The van der Waals surface area contributed by atoms with E-state index in [4.69, 9.17) is 9.47 Å². The normalized spacial score (nSPS) is 15.6. The largest absolute Gasteiger partial charge is 0.467 e. The lowest BCUT2D eigenvalue weighted by molar-refractivity contribution is -0.143. The van der Waals surface area contributed by atoms with Gasteiger partial charge in [0.15, 0.2) is 0 Å². The molecule has 4 rings (SSSR count). The first-order chi connectivity index (χ1) is 14.7. The number of hydrogen-bond acceptors (Lipinski definition) is 4. The number of methoxy groups -OCH3 is 1. The van der Waals surface area contributed by atoms with E-state index in [1.807, 2.05) is 24.3 Å². The molecule has 0 spiro atoms. The summed E-state index contributed by atoms with van der Waals surface area (Å²) in [7, 11) is 1.32. The van der Waals surface area contributed by atoms with Crippen molar-refractivity contribution in [2.75, 3.05) is 13.7 Å². The first-order valence-corrected chi connectivity index (χ1v) is 10.2. The highest BCUT2D eigenvalue weighted by atomic mass is 16.6. The fraction of sp³-hybridized carbons (Fsp3) is 0.280. The monoisotopic (exact) mass is 403 g/mol. The van der Waals surface area contributed by atoms with Crippen molar-refractivity contribution >= 4 is 12.1 Å². The first-order valence-electron chi connectivity index (χ1n) is 10.2. The number of fused-ring (bicyclic) bond motifs is 3. The van der Waals surface area contributed by atoms with Crippen molar-refractivity contribution < 1.29 is 19.1 Å². The van der Waals surface area contributed by atoms with E-state index in [9.17, 15) is 9.59 Å². The molecule has 154 valence electrons. The molecule has 0 aromatic heterocycles. The Hall–Kier alpha value is -3.34. The van der Waals surface area contributed by atoms with Crippen molar-refractivity contribution in [3.05, 3.63) is 83.5 Å². The number of carbonyl (C=O) groups is 2. The molecule has 5 heteroatoms. The summed E-state index contributed by atoms with van der Waals surface area (Å²) in [6.45, 7) is 0.208. The van der Waals surface area contributed by atoms with Gasteiger partial charge in [-0.3, -0.25) is 0 Å². The summed E-state index contributed by atoms with van der Waals surface area (Å²) in [4.78, 5) is 24.7. The second kappa shape index (κ2) is 8.99. The third-order valence-corrected chi connectivity index (χ3v) is 5.68. The highest BCUT2D eigenvalue weighted by Crippen LogP contribution is 2.44. The Morgan fingerprint density at radius 3 is 2.30 bits per heavy atom. The van der Waals surface area contributed by atoms with Crippen LogP contribution in [0.5, 0.6) is 0 Å². The van der Waals surface area contributed by atoms with Gasteiger partial charge < -0.3 is 14.8 Å². The second-order valence-electron chi connectivity index (χ2n) is 7.52. The fourth-order valence-corrected chi connectivity index (χ4v) is 4.20. The molecule has 2 aliphatic carbocycles. The van der Waals surface area contributed by atoms with Crippen molar-refractivity contribution in [2.24, 2.45) is 0 Å². The van der Waals surface area contributed by atoms with Gasteiger partial charge in [0.05, 0.1) is 7.11 Å². The number of nitrogens with one attached hydrogen (secondary N) is 1. The van der Waals surface area contributed by atoms with Crippen LogP contribution in [0.15, 0.2) is 72.3 Å².